The molecule has 1 aliphatic heterocycles. The molecular weight excluding hydrogens is 254 g/mol. The largest absolute Gasteiger partial charge is 0.444 e. The number of nitrogens with zero attached hydrogens (tertiary/aromatic N) is 1. The molecule has 0 atom stereocenters. The van der Waals surface area contributed by atoms with Gasteiger partial charge in [0.2, 0.25) is 15.9 Å². The van der Waals surface area contributed by atoms with Gasteiger partial charge in [-0.2, -0.15) is 0 Å². The summed E-state index contributed by atoms with van der Waals surface area (Å²) in [7, 11) is -3.27. The van der Waals surface area contributed by atoms with Gasteiger partial charge in [-0.3, -0.25) is 0 Å². The lowest BCUT2D eigenvalue weighted by atomic mass is 10.2. The molecule has 1 aliphatic rings. The van der Waals surface area contributed by atoms with Gasteiger partial charge < -0.3 is 9.73 Å². The smallest absolute Gasteiger partial charge is 0.215 e. The molecule has 0 spiro atoms. The molecule has 0 aromatic carbocycles. The summed E-state index contributed by atoms with van der Waals surface area (Å²) in [5.74, 6) is 1.19. The van der Waals surface area contributed by atoms with Crippen LogP contribution in [-0.2, 0) is 23.0 Å². The van der Waals surface area contributed by atoms with E-state index in [-0.39, 0.29) is 11.8 Å². The van der Waals surface area contributed by atoms with Gasteiger partial charge in [0.25, 0.3) is 0 Å². The Hall–Kier alpha value is -0.920. The lowest BCUT2D eigenvalue weighted by Crippen LogP contribution is -2.41. The topological polar surface area (TPSA) is 84.2 Å². The van der Waals surface area contributed by atoms with E-state index in [0.717, 1.165) is 25.3 Å². The zero-order valence-corrected chi connectivity index (χ0v) is 11.3. The van der Waals surface area contributed by atoms with E-state index in [4.69, 9.17) is 4.42 Å². The Labute approximate surface area is 107 Å². The number of sulfonamides is 1. The second-order valence-electron chi connectivity index (χ2n) is 4.39. The van der Waals surface area contributed by atoms with E-state index in [2.05, 4.69) is 15.0 Å². The number of nitrogens with one attached hydrogen (secondary N) is 2. The Kier molecular flexibility index (Phi) is 4.36. The monoisotopic (exact) mass is 273 g/mol. The minimum absolute atomic E-state index is 0.131. The molecule has 0 unspecified atom stereocenters. The summed E-state index contributed by atoms with van der Waals surface area (Å²) in [5.41, 5.74) is 0. The van der Waals surface area contributed by atoms with Crippen molar-refractivity contribution in [2.24, 2.45) is 0 Å². The van der Waals surface area contributed by atoms with E-state index in [9.17, 15) is 8.42 Å². The van der Waals surface area contributed by atoms with Crippen molar-refractivity contribution in [1.29, 1.82) is 0 Å². The quantitative estimate of drug-likeness (QED) is 0.811. The number of hydrogen-bond donors (Lipinski definition) is 2. The van der Waals surface area contributed by atoms with E-state index in [1.165, 1.54) is 0 Å². The van der Waals surface area contributed by atoms with Crippen LogP contribution in [0.5, 0.6) is 0 Å². The molecule has 0 radical (unpaired) electrons. The van der Waals surface area contributed by atoms with Gasteiger partial charge in [-0.05, 0) is 25.9 Å². The average molecular weight is 273 g/mol. The van der Waals surface area contributed by atoms with Crippen molar-refractivity contribution in [3.63, 3.8) is 0 Å². The van der Waals surface area contributed by atoms with E-state index < -0.39 is 10.0 Å². The highest BCUT2D eigenvalue weighted by molar-refractivity contribution is 7.90. The molecule has 1 aromatic heterocycles. The molecule has 2 heterocycles. The van der Waals surface area contributed by atoms with Crippen LogP contribution in [0, 0.1) is 0 Å². The van der Waals surface area contributed by atoms with Gasteiger partial charge in [0.1, 0.15) is 5.76 Å². The Morgan fingerprint density at radius 1 is 1.50 bits per heavy atom. The first kappa shape index (κ1) is 13.5. The Morgan fingerprint density at radius 2 is 2.22 bits per heavy atom. The predicted octanol–water partition coefficient (Wildman–Crippen LogP) is 0.408. The Morgan fingerprint density at radius 3 is 2.83 bits per heavy atom. The zero-order chi connectivity index (χ0) is 13.0. The number of rotatable bonds is 5. The fourth-order valence-electron chi connectivity index (χ4n) is 1.98. The number of aromatic nitrogens is 1. The van der Waals surface area contributed by atoms with Crippen LogP contribution in [0.2, 0.25) is 0 Å². The van der Waals surface area contributed by atoms with Crippen molar-refractivity contribution < 1.29 is 12.8 Å². The van der Waals surface area contributed by atoms with Crippen molar-refractivity contribution in [3.8, 4) is 0 Å². The van der Waals surface area contributed by atoms with Gasteiger partial charge in [-0.15, -0.1) is 0 Å². The minimum Gasteiger partial charge on any atom is -0.444 e. The molecule has 2 rings (SSSR count). The average Bonchev–Trinajstić information content (AvgIpc) is 2.86. The summed E-state index contributed by atoms with van der Waals surface area (Å²) in [6.07, 6.45) is 3.70. The molecule has 7 heteroatoms. The van der Waals surface area contributed by atoms with Gasteiger partial charge in [0.05, 0.1) is 18.0 Å². The van der Waals surface area contributed by atoms with Crippen molar-refractivity contribution in [2.75, 3.05) is 13.1 Å². The molecule has 6 nitrogen and oxygen atoms in total. The molecule has 1 fully saturated rings. The fraction of sp³-hybridized carbons (Fsp3) is 0.727. The molecule has 0 bridgehead atoms. The molecule has 1 saturated heterocycles. The Bertz CT molecular complexity index is 477. The highest BCUT2D eigenvalue weighted by Crippen LogP contribution is 2.12. The van der Waals surface area contributed by atoms with Crippen LogP contribution in [0.4, 0.5) is 0 Å². The van der Waals surface area contributed by atoms with Gasteiger partial charge in [0, 0.05) is 6.42 Å². The van der Waals surface area contributed by atoms with E-state index in [1.807, 2.05) is 6.92 Å². The number of aryl methyl sites for hydroxylation is 1. The summed E-state index contributed by atoms with van der Waals surface area (Å²) in [5, 5.41) is 2.84. The maximum atomic E-state index is 12.0. The standard InChI is InChI=1S/C11H19N3O3S/c1-2-9-7-13-11(17-9)8-14-18(15,16)10-3-5-12-6-4-10/h7,10,12,14H,2-6,8H2,1H3. The number of oxazole rings is 1. The van der Waals surface area contributed by atoms with Crippen LogP contribution in [0.25, 0.3) is 0 Å². The maximum absolute atomic E-state index is 12.0. The maximum Gasteiger partial charge on any atom is 0.215 e. The summed E-state index contributed by atoms with van der Waals surface area (Å²) in [6, 6.07) is 0. The summed E-state index contributed by atoms with van der Waals surface area (Å²) in [4.78, 5) is 4.03. The first-order valence-corrected chi connectivity index (χ1v) is 7.79. The third-order valence-corrected chi connectivity index (χ3v) is 5.00. The van der Waals surface area contributed by atoms with Crippen LogP contribution in [0.3, 0.4) is 0 Å². The van der Waals surface area contributed by atoms with Gasteiger partial charge in [0.15, 0.2) is 0 Å². The van der Waals surface area contributed by atoms with Crippen molar-refractivity contribution >= 4 is 10.0 Å². The third-order valence-electron chi connectivity index (χ3n) is 3.10. The van der Waals surface area contributed by atoms with Gasteiger partial charge in [-0.25, -0.2) is 18.1 Å². The first-order chi connectivity index (χ1) is 8.62. The SMILES string of the molecule is CCc1cnc(CNS(=O)(=O)C2CCNCC2)o1. The lowest BCUT2D eigenvalue weighted by Gasteiger charge is -2.22. The summed E-state index contributed by atoms with van der Waals surface area (Å²) < 4.78 is 32.0. The lowest BCUT2D eigenvalue weighted by molar-refractivity contribution is 0.447. The molecule has 1 aromatic rings. The van der Waals surface area contributed by atoms with E-state index in [0.29, 0.717) is 18.7 Å². The normalized spacial score (nSPS) is 18.1. The predicted molar refractivity (Wildman–Crippen MR) is 67.5 cm³/mol. The molecule has 0 saturated carbocycles. The highest BCUT2D eigenvalue weighted by atomic mass is 32.2. The molecule has 0 amide bonds. The number of hydrogen-bond acceptors (Lipinski definition) is 5. The molecule has 102 valence electrons. The summed E-state index contributed by atoms with van der Waals surface area (Å²) in [6.45, 7) is 3.60. The minimum atomic E-state index is -3.27. The number of piperidine rings is 1. The van der Waals surface area contributed by atoms with Gasteiger partial charge in [-0.1, -0.05) is 6.92 Å². The second kappa shape index (κ2) is 5.81. The molecule has 0 aliphatic carbocycles. The van der Waals surface area contributed by atoms with Crippen LogP contribution < -0.4 is 10.0 Å². The zero-order valence-electron chi connectivity index (χ0n) is 10.5. The van der Waals surface area contributed by atoms with E-state index >= 15 is 0 Å². The van der Waals surface area contributed by atoms with Crippen LogP contribution in [-0.4, -0.2) is 31.7 Å². The third kappa shape index (κ3) is 3.30. The Balaban J connectivity index is 1.91. The molecular formula is C11H19N3O3S. The van der Waals surface area contributed by atoms with Crippen LogP contribution >= 0.6 is 0 Å². The van der Waals surface area contributed by atoms with E-state index in [1.54, 1.807) is 6.20 Å². The van der Waals surface area contributed by atoms with Crippen molar-refractivity contribution in [1.82, 2.24) is 15.0 Å². The first-order valence-electron chi connectivity index (χ1n) is 6.24. The van der Waals surface area contributed by atoms with Crippen molar-refractivity contribution in [2.45, 2.75) is 38.0 Å². The molecule has 18 heavy (non-hydrogen) atoms. The second-order valence-corrected chi connectivity index (χ2v) is 6.43. The van der Waals surface area contributed by atoms with Crippen LogP contribution in [0.1, 0.15) is 31.4 Å². The molecule has 2 N–H and O–H groups in total. The van der Waals surface area contributed by atoms with Crippen LogP contribution in [0.15, 0.2) is 10.6 Å². The van der Waals surface area contributed by atoms with Gasteiger partial charge >= 0.3 is 0 Å². The summed E-state index contributed by atoms with van der Waals surface area (Å²) >= 11 is 0. The fourth-order valence-corrected chi connectivity index (χ4v) is 3.40. The van der Waals surface area contributed by atoms with Crippen molar-refractivity contribution in [3.05, 3.63) is 17.8 Å². The highest BCUT2D eigenvalue weighted by Gasteiger charge is 2.27.